The molecule has 0 aliphatic heterocycles. The number of furan rings is 1. The molecule has 0 radical (unpaired) electrons. The Morgan fingerprint density at radius 2 is 1.78 bits per heavy atom. The Balaban J connectivity index is 1.74. The largest absolute Gasteiger partial charge is 0.467 e. The van der Waals surface area contributed by atoms with E-state index in [1.165, 1.54) is 6.26 Å². The molecule has 0 aliphatic rings. The lowest BCUT2D eigenvalue weighted by molar-refractivity contribution is -0.141. The van der Waals surface area contributed by atoms with Crippen LogP contribution in [0.25, 0.3) is 0 Å². The number of benzene rings is 1. The molecule has 1 heterocycles. The minimum absolute atomic E-state index is 0.0199. The lowest BCUT2D eigenvalue weighted by atomic mass is 10.1. The first kappa shape index (κ1) is 16.6. The van der Waals surface area contributed by atoms with Gasteiger partial charge in [-0.3, -0.25) is 25.2 Å². The SMILES string of the molecule is O=C(Cc1ccccc1Cl)NNC(=O)C(=O)NCc1ccco1. The van der Waals surface area contributed by atoms with Crippen LogP contribution in [0, 0.1) is 0 Å². The third-order valence-corrected chi connectivity index (χ3v) is 3.20. The maximum atomic E-state index is 11.7. The lowest BCUT2D eigenvalue weighted by Gasteiger charge is -2.08. The molecular formula is C15H14ClN3O4. The van der Waals surface area contributed by atoms with Gasteiger partial charge in [0.15, 0.2) is 0 Å². The summed E-state index contributed by atoms with van der Waals surface area (Å²) in [6, 6.07) is 10.2. The summed E-state index contributed by atoms with van der Waals surface area (Å²) in [5, 5.41) is 2.80. The highest BCUT2D eigenvalue weighted by Crippen LogP contribution is 2.14. The highest BCUT2D eigenvalue weighted by atomic mass is 35.5. The van der Waals surface area contributed by atoms with Gasteiger partial charge in [0.05, 0.1) is 19.2 Å². The molecule has 2 rings (SSSR count). The zero-order valence-electron chi connectivity index (χ0n) is 12.0. The van der Waals surface area contributed by atoms with E-state index in [2.05, 4.69) is 10.7 Å². The van der Waals surface area contributed by atoms with Crippen LogP contribution in [0.4, 0.5) is 0 Å². The van der Waals surface area contributed by atoms with Crippen molar-refractivity contribution in [1.29, 1.82) is 0 Å². The first-order valence-corrected chi connectivity index (χ1v) is 7.07. The molecule has 0 spiro atoms. The number of hydrogen-bond donors (Lipinski definition) is 3. The van der Waals surface area contributed by atoms with Crippen molar-refractivity contribution in [2.45, 2.75) is 13.0 Å². The molecule has 3 amide bonds. The van der Waals surface area contributed by atoms with Gasteiger partial charge in [-0.2, -0.15) is 0 Å². The number of carbonyl (C=O) groups is 3. The zero-order chi connectivity index (χ0) is 16.7. The van der Waals surface area contributed by atoms with Crippen molar-refractivity contribution in [2.75, 3.05) is 0 Å². The average Bonchev–Trinajstić information content (AvgIpc) is 3.06. The van der Waals surface area contributed by atoms with Gasteiger partial charge in [-0.25, -0.2) is 0 Å². The summed E-state index contributed by atoms with van der Waals surface area (Å²) >= 11 is 5.93. The van der Waals surface area contributed by atoms with Gasteiger partial charge in [0.2, 0.25) is 5.91 Å². The highest BCUT2D eigenvalue weighted by molar-refractivity contribution is 6.35. The first-order valence-electron chi connectivity index (χ1n) is 6.69. The second kappa shape index (κ2) is 8.00. The molecule has 7 nitrogen and oxygen atoms in total. The standard InChI is InChI=1S/C15H14ClN3O4/c16-12-6-2-1-4-10(12)8-13(20)18-19-15(22)14(21)17-9-11-5-3-7-23-11/h1-7H,8-9H2,(H,17,21)(H,18,20)(H,19,22). The van der Waals surface area contributed by atoms with Crippen molar-refractivity contribution in [2.24, 2.45) is 0 Å². The molecule has 0 fully saturated rings. The minimum atomic E-state index is -0.982. The number of nitrogens with one attached hydrogen (secondary N) is 3. The summed E-state index contributed by atoms with van der Waals surface area (Å²) in [5.41, 5.74) is 4.79. The average molecular weight is 336 g/mol. The number of carbonyl (C=O) groups excluding carboxylic acids is 3. The van der Waals surface area contributed by atoms with Gasteiger partial charge in [-0.1, -0.05) is 29.8 Å². The second-order valence-electron chi connectivity index (χ2n) is 4.53. The maximum absolute atomic E-state index is 11.7. The van der Waals surface area contributed by atoms with Crippen LogP contribution in [0.1, 0.15) is 11.3 Å². The Kier molecular flexibility index (Phi) is 5.76. The molecule has 120 valence electrons. The summed E-state index contributed by atoms with van der Waals surface area (Å²) in [6.07, 6.45) is 1.43. The predicted molar refractivity (Wildman–Crippen MR) is 82.0 cm³/mol. The molecule has 0 bridgehead atoms. The van der Waals surface area contributed by atoms with E-state index in [1.807, 2.05) is 5.43 Å². The quantitative estimate of drug-likeness (QED) is 0.572. The van der Waals surface area contributed by atoms with Crippen LogP contribution in [0.15, 0.2) is 47.1 Å². The smallest absolute Gasteiger partial charge is 0.327 e. The van der Waals surface area contributed by atoms with Crippen molar-refractivity contribution in [3.63, 3.8) is 0 Å². The Morgan fingerprint density at radius 3 is 2.48 bits per heavy atom. The second-order valence-corrected chi connectivity index (χ2v) is 4.94. The van der Waals surface area contributed by atoms with E-state index in [0.717, 1.165) is 0 Å². The molecular weight excluding hydrogens is 322 g/mol. The maximum Gasteiger partial charge on any atom is 0.327 e. The van der Waals surface area contributed by atoms with Gasteiger partial charge >= 0.3 is 11.8 Å². The van der Waals surface area contributed by atoms with Gasteiger partial charge in [0.1, 0.15) is 5.76 Å². The number of rotatable bonds is 4. The van der Waals surface area contributed by atoms with Crippen molar-refractivity contribution < 1.29 is 18.8 Å². The van der Waals surface area contributed by atoms with E-state index < -0.39 is 17.7 Å². The van der Waals surface area contributed by atoms with Crippen LogP contribution in [0.3, 0.4) is 0 Å². The van der Waals surface area contributed by atoms with Crippen LogP contribution in [-0.2, 0) is 27.3 Å². The van der Waals surface area contributed by atoms with Gasteiger partial charge < -0.3 is 9.73 Å². The fraction of sp³-hybridized carbons (Fsp3) is 0.133. The van der Waals surface area contributed by atoms with E-state index >= 15 is 0 Å². The molecule has 0 aliphatic carbocycles. The summed E-state index contributed by atoms with van der Waals surface area (Å²) in [5.74, 6) is -1.86. The molecule has 23 heavy (non-hydrogen) atoms. The van der Waals surface area contributed by atoms with E-state index in [1.54, 1.807) is 36.4 Å². The molecule has 8 heteroatoms. The Morgan fingerprint density at radius 1 is 1.00 bits per heavy atom. The molecule has 1 aromatic heterocycles. The third-order valence-electron chi connectivity index (χ3n) is 2.83. The van der Waals surface area contributed by atoms with Crippen LogP contribution in [0.2, 0.25) is 5.02 Å². The zero-order valence-corrected chi connectivity index (χ0v) is 12.7. The molecule has 0 unspecified atom stereocenters. The number of halogens is 1. The van der Waals surface area contributed by atoms with Gasteiger partial charge in [0, 0.05) is 5.02 Å². The number of hydrazine groups is 1. The van der Waals surface area contributed by atoms with E-state index in [0.29, 0.717) is 16.3 Å². The first-order chi connectivity index (χ1) is 11.1. The Labute approximate surface area is 137 Å². The Bertz CT molecular complexity index is 701. The van der Waals surface area contributed by atoms with Crippen LogP contribution < -0.4 is 16.2 Å². The number of hydrogen-bond acceptors (Lipinski definition) is 4. The summed E-state index contributed by atoms with van der Waals surface area (Å²) < 4.78 is 5.01. The fourth-order valence-electron chi connectivity index (χ4n) is 1.70. The van der Waals surface area contributed by atoms with E-state index in [4.69, 9.17) is 16.0 Å². The van der Waals surface area contributed by atoms with Crippen molar-refractivity contribution >= 4 is 29.3 Å². The third kappa shape index (κ3) is 5.15. The van der Waals surface area contributed by atoms with E-state index in [-0.39, 0.29) is 13.0 Å². The topological polar surface area (TPSA) is 100 Å². The summed E-state index contributed by atoms with van der Waals surface area (Å²) in [6.45, 7) is 0.0762. The molecule has 0 saturated carbocycles. The van der Waals surface area contributed by atoms with Crippen LogP contribution in [-0.4, -0.2) is 17.7 Å². The summed E-state index contributed by atoms with van der Waals surface area (Å²) in [7, 11) is 0. The van der Waals surface area contributed by atoms with Gasteiger partial charge in [0.25, 0.3) is 0 Å². The predicted octanol–water partition coefficient (Wildman–Crippen LogP) is 0.939. The van der Waals surface area contributed by atoms with Crippen molar-refractivity contribution in [3.05, 3.63) is 59.0 Å². The minimum Gasteiger partial charge on any atom is -0.467 e. The monoisotopic (exact) mass is 335 g/mol. The Hall–Kier alpha value is -2.80. The normalized spacial score (nSPS) is 9.96. The molecule has 0 atom stereocenters. The molecule has 3 N–H and O–H groups in total. The molecule has 0 saturated heterocycles. The van der Waals surface area contributed by atoms with Crippen LogP contribution >= 0.6 is 11.6 Å². The van der Waals surface area contributed by atoms with E-state index in [9.17, 15) is 14.4 Å². The highest BCUT2D eigenvalue weighted by Gasteiger charge is 2.15. The van der Waals surface area contributed by atoms with Crippen molar-refractivity contribution in [3.8, 4) is 0 Å². The fourth-order valence-corrected chi connectivity index (χ4v) is 1.91. The molecule has 2 aromatic rings. The van der Waals surface area contributed by atoms with Gasteiger partial charge in [-0.05, 0) is 23.8 Å². The summed E-state index contributed by atoms with van der Waals surface area (Å²) in [4.78, 5) is 34.8. The number of amides is 3. The molecule has 1 aromatic carbocycles. The van der Waals surface area contributed by atoms with Crippen LogP contribution in [0.5, 0.6) is 0 Å². The van der Waals surface area contributed by atoms with Crippen molar-refractivity contribution in [1.82, 2.24) is 16.2 Å². The lowest BCUT2D eigenvalue weighted by Crippen LogP contribution is -2.48. The van der Waals surface area contributed by atoms with Gasteiger partial charge in [-0.15, -0.1) is 0 Å².